The smallest absolute Gasteiger partial charge is 0.145 e. The molecule has 3 rings (SSSR count). The minimum atomic E-state index is -0.247. The van der Waals surface area contributed by atoms with Crippen molar-refractivity contribution in [2.75, 3.05) is 13.2 Å². The van der Waals surface area contributed by atoms with Gasteiger partial charge in [0.05, 0.1) is 0 Å². The Balaban J connectivity index is 0.000000404. The van der Waals surface area contributed by atoms with Crippen molar-refractivity contribution in [3.05, 3.63) is 83.7 Å². The summed E-state index contributed by atoms with van der Waals surface area (Å²) in [4.78, 5) is 18.8. The van der Waals surface area contributed by atoms with Crippen LogP contribution in [-0.2, 0) is 22.4 Å². The van der Waals surface area contributed by atoms with Gasteiger partial charge in [0, 0.05) is 18.6 Å². The number of aliphatic hydroxyl groups is 2. The lowest BCUT2D eigenvalue weighted by Crippen LogP contribution is -1.96. The van der Waals surface area contributed by atoms with Gasteiger partial charge in [0.15, 0.2) is 0 Å². The fourth-order valence-electron chi connectivity index (χ4n) is 2.80. The average Bonchev–Trinajstić information content (AvgIpc) is 2.76. The third-order valence-corrected chi connectivity index (χ3v) is 4.28. The molecule has 2 N–H and O–H groups in total. The summed E-state index contributed by atoms with van der Waals surface area (Å²) < 4.78 is 14.4. The summed E-state index contributed by atoms with van der Waals surface area (Å²) in [5, 5.41) is 21.5. The van der Waals surface area contributed by atoms with Crippen LogP contribution in [0.4, 0.5) is 4.39 Å². The molecule has 0 bridgehead atoms. The second kappa shape index (κ2) is 13.2. The Morgan fingerprint density at radius 3 is 1.87 bits per heavy atom. The lowest BCUT2D eigenvalue weighted by molar-refractivity contribution is -0.105. The van der Waals surface area contributed by atoms with E-state index in [1.807, 2.05) is 30.3 Å². The van der Waals surface area contributed by atoms with Crippen LogP contribution in [0.15, 0.2) is 66.8 Å². The minimum absolute atomic E-state index is 0.0550. The number of allylic oxidation sites excluding steroid dienone is 2. The highest BCUT2D eigenvalue weighted by atomic mass is 19.1. The summed E-state index contributed by atoms with van der Waals surface area (Å²) in [5.41, 5.74) is 2.76. The van der Waals surface area contributed by atoms with Gasteiger partial charge >= 0.3 is 0 Å². The first-order valence-corrected chi connectivity index (χ1v) is 9.84. The topological polar surface area (TPSA) is 74.6 Å². The van der Waals surface area contributed by atoms with Crippen LogP contribution in [0.25, 0.3) is 21.5 Å². The molecular formula is C26H29FO4. The Labute approximate surface area is 182 Å². The standard InChI is InChI=1S/C18H17FO2.2C4H6O/c19-18-13(8-10-21)2-5-16-15-4-1-12(7-9-20)11-14(15)3-6-17(16)18;2*1-4(2)3-5/h1-6,11,20-21H,7-10H2;2*3H,1H2,2H3. The molecule has 0 radical (unpaired) electrons. The van der Waals surface area contributed by atoms with E-state index < -0.39 is 0 Å². The van der Waals surface area contributed by atoms with Crippen LogP contribution in [0, 0.1) is 5.82 Å². The first kappa shape index (κ1) is 25.9. The number of aliphatic hydroxyl groups excluding tert-OH is 2. The molecule has 3 aromatic carbocycles. The molecule has 31 heavy (non-hydrogen) atoms. The van der Waals surface area contributed by atoms with E-state index >= 15 is 0 Å². The SMILES string of the molecule is C=C(C)C=O.C=C(C)C=O.OCCc1ccc2c(ccc3c(F)c(CCO)ccc32)c1. The van der Waals surface area contributed by atoms with Crippen molar-refractivity contribution >= 4 is 34.1 Å². The minimum Gasteiger partial charge on any atom is -0.396 e. The molecule has 3 aromatic rings. The second-order valence-corrected chi connectivity index (χ2v) is 7.13. The molecule has 0 heterocycles. The molecule has 164 valence electrons. The number of hydrogen-bond acceptors (Lipinski definition) is 4. The van der Waals surface area contributed by atoms with E-state index in [0.717, 1.165) is 34.3 Å². The maximum absolute atomic E-state index is 14.4. The van der Waals surface area contributed by atoms with Gasteiger partial charge in [-0.05, 0) is 65.1 Å². The Bertz CT molecular complexity index is 1050. The zero-order chi connectivity index (χ0) is 23.4. The molecule has 0 saturated heterocycles. The van der Waals surface area contributed by atoms with Gasteiger partial charge in [-0.3, -0.25) is 9.59 Å². The number of benzene rings is 3. The van der Waals surface area contributed by atoms with E-state index in [2.05, 4.69) is 13.2 Å². The van der Waals surface area contributed by atoms with E-state index in [4.69, 9.17) is 10.2 Å². The maximum Gasteiger partial charge on any atom is 0.145 e. The molecular weight excluding hydrogens is 395 g/mol. The van der Waals surface area contributed by atoms with E-state index in [9.17, 15) is 14.0 Å². The fraction of sp³-hybridized carbons (Fsp3) is 0.231. The third kappa shape index (κ3) is 7.89. The van der Waals surface area contributed by atoms with Gasteiger partial charge in [0.1, 0.15) is 18.4 Å². The van der Waals surface area contributed by atoms with Crippen LogP contribution in [0.2, 0.25) is 0 Å². The van der Waals surface area contributed by atoms with E-state index in [0.29, 0.717) is 34.9 Å². The largest absolute Gasteiger partial charge is 0.396 e. The zero-order valence-corrected chi connectivity index (χ0v) is 18.0. The fourth-order valence-corrected chi connectivity index (χ4v) is 2.80. The summed E-state index contributed by atoms with van der Waals surface area (Å²) in [6.07, 6.45) is 2.40. The summed E-state index contributed by atoms with van der Waals surface area (Å²) in [6, 6.07) is 13.3. The first-order chi connectivity index (χ1) is 14.8. The zero-order valence-electron chi connectivity index (χ0n) is 18.0. The molecule has 0 aromatic heterocycles. The van der Waals surface area contributed by atoms with Gasteiger partial charge in [0.25, 0.3) is 0 Å². The van der Waals surface area contributed by atoms with Crippen molar-refractivity contribution in [3.8, 4) is 0 Å². The van der Waals surface area contributed by atoms with Gasteiger partial charge in [-0.1, -0.05) is 55.6 Å². The van der Waals surface area contributed by atoms with Crippen LogP contribution in [0.3, 0.4) is 0 Å². The highest BCUT2D eigenvalue weighted by molar-refractivity contribution is 6.08. The van der Waals surface area contributed by atoms with Crippen LogP contribution < -0.4 is 0 Å². The molecule has 0 saturated carbocycles. The molecule has 5 heteroatoms. The summed E-state index contributed by atoms with van der Waals surface area (Å²) in [7, 11) is 0. The van der Waals surface area contributed by atoms with Crippen LogP contribution in [0.1, 0.15) is 25.0 Å². The highest BCUT2D eigenvalue weighted by Crippen LogP contribution is 2.29. The maximum atomic E-state index is 14.4. The molecule has 0 aliphatic heterocycles. The molecule has 0 atom stereocenters. The predicted molar refractivity (Wildman–Crippen MR) is 125 cm³/mol. The lowest BCUT2D eigenvalue weighted by atomic mass is 9.97. The molecule has 0 fully saturated rings. The lowest BCUT2D eigenvalue weighted by Gasteiger charge is -2.09. The third-order valence-electron chi connectivity index (χ3n) is 4.28. The average molecular weight is 425 g/mol. The van der Waals surface area contributed by atoms with Crippen molar-refractivity contribution in [2.45, 2.75) is 26.7 Å². The normalized spacial score (nSPS) is 9.84. The molecule has 4 nitrogen and oxygen atoms in total. The van der Waals surface area contributed by atoms with E-state index in [-0.39, 0.29) is 19.0 Å². The molecule has 0 amide bonds. The molecule has 0 spiro atoms. The number of carbonyl (C=O) groups excluding carboxylic acids is 2. The Morgan fingerprint density at radius 1 is 0.839 bits per heavy atom. The Morgan fingerprint density at radius 2 is 1.35 bits per heavy atom. The predicted octanol–water partition coefficient (Wildman–Crippen LogP) is 4.72. The van der Waals surface area contributed by atoms with Crippen molar-refractivity contribution < 1.29 is 24.2 Å². The first-order valence-electron chi connectivity index (χ1n) is 9.84. The second-order valence-electron chi connectivity index (χ2n) is 7.13. The van der Waals surface area contributed by atoms with Crippen LogP contribution in [0.5, 0.6) is 0 Å². The summed E-state index contributed by atoms with van der Waals surface area (Å²) in [6.45, 7) is 10.00. The number of halogens is 1. The Kier molecular flexibility index (Phi) is 11.0. The number of hydrogen-bond donors (Lipinski definition) is 2. The van der Waals surface area contributed by atoms with Crippen LogP contribution in [-0.4, -0.2) is 36.0 Å². The molecule has 0 aliphatic carbocycles. The molecule has 0 unspecified atom stereocenters. The van der Waals surface area contributed by atoms with Gasteiger partial charge in [0.2, 0.25) is 0 Å². The number of rotatable bonds is 6. The van der Waals surface area contributed by atoms with Gasteiger partial charge in [-0.2, -0.15) is 0 Å². The van der Waals surface area contributed by atoms with Gasteiger partial charge in [-0.15, -0.1) is 0 Å². The van der Waals surface area contributed by atoms with E-state index in [1.54, 1.807) is 26.0 Å². The highest BCUT2D eigenvalue weighted by Gasteiger charge is 2.09. The van der Waals surface area contributed by atoms with Crippen molar-refractivity contribution in [2.24, 2.45) is 0 Å². The quantitative estimate of drug-likeness (QED) is 0.341. The van der Waals surface area contributed by atoms with Gasteiger partial charge in [-0.25, -0.2) is 4.39 Å². The van der Waals surface area contributed by atoms with Crippen molar-refractivity contribution in [1.29, 1.82) is 0 Å². The molecule has 0 aliphatic rings. The number of aldehydes is 2. The van der Waals surface area contributed by atoms with Crippen molar-refractivity contribution in [3.63, 3.8) is 0 Å². The summed E-state index contributed by atoms with van der Waals surface area (Å²) in [5.74, 6) is -0.247. The van der Waals surface area contributed by atoms with E-state index in [1.165, 1.54) is 0 Å². The Hall–Kier alpha value is -3.15. The number of fused-ring (bicyclic) bond motifs is 3. The van der Waals surface area contributed by atoms with Crippen LogP contribution >= 0.6 is 0 Å². The number of carbonyl (C=O) groups is 2. The van der Waals surface area contributed by atoms with Gasteiger partial charge < -0.3 is 10.2 Å². The monoisotopic (exact) mass is 424 g/mol. The summed E-state index contributed by atoms with van der Waals surface area (Å²) >= 11 is 0. The van der Waals surface area contributed by atoms with Crippen molar-refractivity contribution in [1.82, 2.24) is 0 Å².